The zero-order chi connectivity index (χ0) is 6.53. The molecule has 1 aliphatic rings. The van der Waals surface area contributed by atoms with Gasteiger partial charge in [-0.3, -0.25) is 0 Å². The maximum Gasteiger partial charge on any atom is 0.0648 e. The number of ether oxygens (including phenoxy) is 1. The lowest BCUT2D eigenvalue weighted by molar-refractivity contribution is 0.0801. The summed E-state index contributed by atoms with van der Waals surface area (Å²) in [5.41, 5.74) is 0. The lowest BCUT2D eigenvalue weighted by Gasteiger charge is -2.06. The highest BCUT2D eigenvalue weighted by molar-refractivity contribution is 4.70. The molecule has 1 nitrogen and oxygen atoms in total. The van der Waals surface area contributed by atoms with Crippen LogP contribution in [0.2, 0.25) is 0 Å². The van der Waals surface area contributed by atoms with Crippen molar-refractivity contribution in [2.45, 2.75) is 31.8 Å². The van der Waals surface area contributed by atoms with Gasteiger partial charge in [0.15, 0.2) is 0 Å². The van der Waals surface area contributed by atoms with Gasteiger partial charge in [0, 0.05) is 0 Å². The monoisotopic (exact) mass is 126 g/mol. The average Bonchev–Trinajstić information content (AvgIpc) is 2.34. The van der Waals surface area contributed by atoms with Crippen LogP contribution < -0.4 is 0 Å². The minimum Gasteiger partial charge on any atom is -0.374 e. The van der Waals surface area contributed by atoms with E-state index in [0.717, 1.165) is 6.61 Å². The molecule has 0 atom stereocenters. The van der Waals surface area contributed by atoms with E-state index in [1.807, 2.05) is 6.08 Å². The van der Waals surface area contributed by atoms with Crippen molar-refractivity contribution < 1.29 is 4.74 Å². The first-order valence-electron chi connectivity index (χ1n) is 3.66. The van der Waals surface area contributed by atoms with Gasteiger partial charge in [-0.2, -0.15) is 0 Å². The van der Waals surface area contributed by atoms with Gasteiger partial charge in [-0.15, -0.1) is 6.58 Å². The van der Waals surface area contributed by atoms with Crippen LogP contribution in [0.5, 0.6) is 0 Å². The second-order valence-corrected chi connectivity index (χ2v) is 2.53. The van der Waals surface area contributed by atoms with Crippen molar-refractivity contribution in [3.8, 4) is 0 Å². The van der Waals surface area contributed by atoms with Gasteiger partial charge in [0.05, 0.1) is 12.7 Å². The molecule has 0 radical (unpaired) electrons. The SMILES string of the molecule is C=CCOC1CCCC1. The van der Waals surface area contributed by atoms with Gasteiger partial charge in [0.2, 0.25) is 0 Å². The van der Waals surface area contributed by atoms with Crippen LogP contribution in [0.3, 0.4) is 0 Å². The Bertz CT molecular complexity index is 82.6. The van der Waals surface area contributed by atoms with Gasteiger partial charge in [-0.25, -0.2) is 0 Å². The highest BCUT2D eigenvalue weighted by Gasteiger charge is 2.13. The average molecular weight is 126 g/mol. The summed E-state index contributed by atoms with van der Waals surface area (Å²) in [7, 11) is 0. The summed E-state index contributed by atoms with van der Waals surface area (Å²) >= 11 is 0. The standard InChI is InChI=1S/C8H14O/c1-2-7-9-8-5-3-4-6-8/h2,8H,1,3-7H2. The third kappa shape index (κ3) is 2.19. The zero-order valence-corrected chi connectivity index (χ0v) is 5.81. The van der Waals surface area contributed by atoms with Crippen LogP contribution in [0.1, 0.15) is 25.7 Å². The van der Waals surface area contributed by atoms with E-state index < -0.39 is 0 Å². The topological polar surface area (TPSA) is 9.23 Å². The summed E-state index contributed by atoms with van der Waals surface area (Å²) in [5, 5.41) is 0. The maximum absolute atomic E-state index is 5.43. The lowest BCUT2D eigenvalue weighted by Crippen LogP contribution is -2.06. The Labute approximate surface area is 56.7 Å². The highest BCUT2D eigenvalue weighted by Crippen LogP contribution is 2.20. The normalized spacial score (nSPS) is 20.4. The summed E-state index contributed by atoms with van der Waals surface area (Å²) in [6.07, 6.45) is 7.58. The molecule has 1 saturated carbocycles. The van der Waals surface area contributed by atoms with Crippen molar-refractivity contribution >= 4 is 0 Å². The molecule has 0 aromatic heterocycles. The van der Waals surface area contributed by atoms with Crippen LogP contribution in [0.15, 0.2) is 12.7 Å². The van der Waals surface area contributed by atoms with E-state index in [9.17, 15) is 0 Å². The Hall–Kier alpha value is -0.300. The minimum absolute atomic E-state index is 0.544. The first kappa shape index (κ1) is 6.81. The van der Waals surface area contributed by atoms with E-state index in [1.54, 1.807) is 0 Å². The molecule has 0 heterocycles. The molecule has 0 saturated heterocycles. The predicted octanol–water partition coefficient (Wildman–Crippen LogP) is 2.13. The van der Waals surface area contributed by atoms with E-state index in [1.165, 1.54) is 25.7 Å². The van der Waals surface area contributed by atoms with Crippen molar-refractivity contribution in [3.63, 3.8) is 0 Å². The molecule has 0 N–H and O–H groups in total. The molecule has 1 heteroatoms. The molecule has 0 unspecified atom stereocenters. The Morgan fingerprint density at radius 1 is 1.44 bits per heavy atom. The second kappa shape index (κ2) is 3.67. The lowest BCUT2D eigenvalue weighted by atomic mass is 10.3. The number of rotatable bonds is 3. The fourth-order valence-corrected chi connectivity index (χ4v) is 1.26. The van der Waals surface area contributed by atoms with Crippen LogP contribution in [-0.2, 0) is 4.74 Å². The van der Waals surface area contributed by atoms with Crippen molar-refractivity contribution in [2.75, 3.05) is 6.61 Å². The fourth-order valence-electron chi connectivity index (χ4n) is 1.26. The Kier molecular flexibility index (Phi) is 2.78. The molecule has 9 heavy (non-hydrogen) atoms. The van der Waals surface area contributed by atoms with Crippen LogP contribution in [0.4, 0.5) is 0 Å². The molecule has 1 rings (SSSR count). The van der Waals surface area contributed by atoms with Crippen LogP contribution in [0.25, 0.3) is 0 Å². The highest BCUT2D eigenvalue weighted by atomic mass is 16.5. The molecule has 1 aliphatic carbocycles. The van der Waals surface area contributed by atoms with Crippen LogP contribution >= 0.6 is 0 Å². The third-order valence-electron chi connectivity index (χ3n) is 1.75. The fraction of sp³-hybridized carbons (Fsp3) is 0.750. The molecule has 1 fully saturated rings. The van der Waals surface area contributed by atoms with Gasteiger partial charge in [0.25, 0.3) is 0 Å². The molecule has 0 spiro atoms. The number of hydrogen-bond acceptors (Lipinski definition) is 1. The van der Waals surface area contributed by atoms with Gasteiger partial charge < -0.3 is 4.74 Å². The van der Waals surface area contributed by atoms with Crippen LogP contribution in [0, 0.1) is 0 Å². The quantitative estimate of drug-likeness (QED) is 0.526. The second-order valence-electron chi connectivity index (χ2n) is 2.53. The molecular weight excluding hydrogens is 112 g/mol. The van der Waals surface area contributed by atoms with E-state index in [-0.39, 0.29) is 0 Å². The summed E-state index contributed by atoms with van der Waals surface area (Å²) in [6, 6.07) is 0. The van der Waals surface area contributed by atoms with Gasteiger partial charge >= 0.3 is 0 Å². The molecular formula is C8H14O. The van der Waals surface area contributed by atoms with Crippen molar-refractivity contribution in [3.05, 3.63) is 12.7 Å². The zero-order valence-electron chi connectivity index (χ0n) is 5.81. The van der Waals surface area contributed by atoms with Crippen LogP contribution in [-0.4, -0.2) is 12.7 Å². The smallest absolute Gasteiger partial charge is 0.0648 e. The van der Waals surface area contributed by atoms with Crippen molar-refractivity contribution in [1.29, 1.82) is 0 Å². The summed E-state index contributed by atoms with van der Waals surface area (Å²) in [5.74, 6) is 0. The van der Waals surface area contributed by atoms with Gasteiger partial charge in [0.1, 0.15) is 0 Å². The molecule has 0 aromatic rings. The first-order valence-corrected chi connectivity index (χ1v) is 3.66. The number of hydrogen-bond donors (Lipinski definition) is 0. The van der Waals surface area contributed by atoms with Gasteiger partial charge in [-0.05, 0) is 12.8 Å². The van der Waals surface area contributed by atoms with Crippen molar-refractivity contribution in [1.82, 2.24) is 0 Å². The molecule has 0 bridgehead atoms. The predicted molar refractivity (Wildman–Crippen MR) is 38.4 cm³/mol. The molecule has 0 aliphatic heterocycles. The Morgan fingerprint density at radius 2 is 2.11 bits per heavy atom. The van der Waals surface area contributed by atoms with E-state index in [0.29, 0.717) is 6.10 Å². The van der Waals surface area contributed by atoms with Gasteiger partial charge in [-0.1, -0.05) is 18.9 Å². The first-order chi connectivity index (χ1) is 4.43. The molecule has 0 aromatic carbocycles. The Balaban J connectivity index is 2.04. The maximum atomic E-state index is 5.43. The minimum atomic E-state index is 0.544. The summed E-state index contributed by atoms with van der Waals surface area (Å²) in [4.78, 5) is 0. The largest absolute Gasteiger partial charge is 0.374 e. The summed E-state index contributed by atoms with van der Waals surface area (Å²) in [6.45, 7) is 4.32. The van der Waals surface area contributed by atoms with Crippen molar-refractivity contribution in [2.24, 2.45) is 0 Å². The van der Waals surface area contributed by atoms with E-state index in [2.05, 4.69) is 6.58 Å². The van der Waals surface area contributed by atoms with E-state index >= 15 is 0 Å². The summed E-state index contributed by atoms with van der Waals surface area (Å²) < 4.78 is 5.43. The van der Waals surface area contributed by atoms with E-state index in [4.69, 9.17) is 4.74 Å². The Morgan fingerprint density at radius 3 is 2.67 bits per heavy atom. The molecule has 0 amide bonds. The molecule has 52 valence electrons. The third-order valence-corrected chi connectivity index (χ3v) is 1.75.